The second-order valence-electron chi connectivity index (χ2n) is 7.41. The quantitative estimate of drug-likeness (QED) is 0.594. The van der Waals surface area contributed by atoms with Crippen LogP contribution < -0.4 is 5.32 Å². The molecule has 8 heteroatoms. The lowest BCUT2D eigenvalue weighted by Crippen LogP contribution is -2.49. The Kier molecular flexibility index (Phi) is 8.34. The Labute approximate surface area is 175 Å². The predicted octanol–water partition coefficient (Wildman–Crippen LogP) is 1.46. The summed E-state index contributed by atoms with van der Waals surface area (Å²) in [7, 11) is 0. The van der Waals surface area contributed by atoms with Gasteiger partial charge in [0.2, 0.25) is 5.78 Å². The molecule has 1 aromatic carbocycles. The van der Waals surface area contributed by atoms with Gasteiger partial charge in [0.25, 0.3) is 11.8 Å². The zero-order valence-electron chi connectivity index (χ0n) is 17.4. The largest absolute Gasteiger partial charge is 0.340 e. The van der Waals surface area contributed by atoms with E-state index in [9.17, 15) is 19.2 Å². The molecule has 2 aromatic rings. The highest BCUT2D eigenvalue weighted by molar-refractivity contribution is 6.35. The molecule has 0 aliphatic heterocycles. The number of rotatable bonds is 10. The van der Waals surface area contributed by atoms with Crippen LogP contribution in [0.3, 0.4) is 0 Å². The monoisotopic (exact) mass is 410 g/mol. The second-order valence-corrected chi connectivity index (χ2v) is 7.41. The summed E-state index contributed by atoms with van der Waals surface area (Å²) < 4.78 is 0. The Morgan fingerprint density at radius 3 is 2.33 bits per heavy atom. The summed E-state index contributed by atoms with van der Waals surface area (Å²) in [5.41, 5.74) is 0.936. The van der Waals surface area contributed by atoms with Crippen molar-refractivity contribution in [2.24, 2.45) is 5.92 Å². The molecule has 0 unspecified atom stereocenters. The van der Waals surface area contributed by atoms with Gasteiger partial charge in [0.1, 0.15) is 5.69 Å². The maximum atomic E-state index is 13.1. The van der Waals surface area contributed by atoms with Crippen LogP contribution in [0, 0.1) is 5.92 Å². The van der Waals surface area contributed by atoms with Gasteiger partial charge in [0.15, 0.2) is 5.78 Å². The lowest BCUT2D eigenvalue weighted by atomic mass is 10.0. The summed E-state index contributed by atoms with van der Waals surface area (Å²) in [6, 6.07) is 8.34. The van der Waals surface area contributed by atoms with Crippen LogP contribution in [0.1, 0.15) is 36.8 Å². The summed E-state index contributed by atoms with van der Waals surface area (Å²) in [6.45, 7) is 4.96. The molecule has 2 amide bonds. The molecule has 0 bridgehead atoms. The molecule has 0 aliphatic rings. The Morgan fingerprint density at radius 1 is 1.07 bits per heavy atom. The van der Waals surface area contributed by atoms with Crippen LogP contribution >= 0.6 is 0 Å². The Balaban J connectivity index is 2.22. The third kappa shape index (κ3) is 6.88. The van der Waals surface area contributed by atoms with Gasteiger partial charge < -0.3 is 10.2 Å². The first-order chi connectivity index (χ1) is 14.3. The average Bonchev–Trinajstić information content (AvgIpc) is 2.73. The third-order valence-electron chi connectivity index (χ3n) is 4.29. The molecule has 30 heavy (non-hydrogen) atoms. The molecule has 0 saturated carbocycles. The molecule has 1 atom stereocenters. The maximum Gasteiger partial charge on any atom is 0.290 e. The van der Waals surface area contributed by atoms with Crippen LogP contribution in [-0.2, 0) is 20.8 Å². The van der Waals surface area contributed by atoms with Crippen molar-refractivity contribution in [3.8, 4) is 0 Å². The van der Waals surface area contributed by atoms with Crippen LogP contribution in [0.2, 0.25) is 0 Å². The summed E-state index contributed by atoms with van der Waals surface area (Å²) >= 11 is 0. The molecule has 0 saturated heterocycles. The van der Waals surface area contributed by atoms with Crippen molar-refractivity contribution in [3.05, 3.63) is 60.2 Å². The van der Waals surface area contributed by atoms with E-state index in [1.54, 1.807) is 0 Å². The molecular weight excluding hydrogens is 384 g/mol. The Morgan fingerprint density at radius 2 is 1.77 bits per heavy atom. The number of nitrogens with zero attached hydrogens (tertiary/aromatic N) is 3. The number of hydrogen-bond acceptors (Lipinski definition) is 6. The highest BCUT2D eigenvalue weighted by Gasteiger charge is 2.28. The van der Waals surface area contributed by atoms with E-state index in [0.29, 0.717) is 0 Å². The van der Waals surface area contributed by atoms with Gasteiger partial charge in [0, 0.05) is 25.9 Å². The minimum absolute atomic E-state index is 0.0721. The van der Waals surface area contributed by atoms with Gasteiger partial charge >= 0.3 is 0 Å². The van der Waals surface area contributed by atoms with Gasteiger partial charge in [-0.2, -0.15) is 0 Å². The molecule has 0 spiro atoms. The van der Waals surface area contributed by atoms with Gasteiger partial charge in [-0.1, -0.05) is 44.2 Å². The fourth-order valence-electron chi connectivity index (χ4n) is 2.92. The highest BCUT2D eigenvalue weighted by Crippen LogP contribution is 2.08. The number of amides is 2. The number of aromatic nitrogens is 2. The van der Waals surface area contributed by atoms with Gasteiger partial charge in [-0.3, -0.25) is 24.2 Å². The van der Waals surface area contributed by atoms with Gasteiger partial charge in [-0.25, -0.2) is 4.98 Å². The number of benzene rings is 1. The fraction of sp³-hybridized carbons (Fsp3) is 0.364. The number of carbonyl (C=O) groups excluding carboxylic acids is 4. The zero-order chi connectivity index (χ0) is 22.1. The Bertz CT molecular complexity index is 885. The van der Waals surface area contributed by atoms with E-state index >= 15 is 0 Å². The minimum Gasteiger partial charge on any atom is -0.340 e. The predicted molar refractivity (Wildman–Crippen MR) is 111 cm³/mol. The summed E-state index contributed by atoms with van der Waals surface area (Å²) in [6.07, 6.45) is 4.39. The number of Topliss-reactive ketones (excluding diaryl/α,β-unsaturated/α-hetero) is 2. The lowest BCUT2D eigenvalue weighted by Gasteiger charge is -2.25. The summed E-state index contributed by atoms with van der Waals surface area (Å²) in [5.74, 6) is -2.18. The first kappa shape index (κ1) is 22.9. The van der Waals surface area contributed by atoms with Crippen molar-refractivity contribution < 1.29 is 19.2 Å². The fourth-order valence-corrected chi connectivity index (χ4v) is 2.92. The first-order valence-corrected chi connectivity index (χ1v) is 9.71. The van der Waals surface area contributed by atoms with Crippen molar-refractivity contribution in [2.45, 2.75) is 33.2 Å². The molecule has 2 rings (SSSR count). The van der Waals surface area contributed by atoms with Crippen LogP contribution in [0.25, 0.3) is 0 Å². The van der Waals surface area contributed by atoms with E-state index in [1.165, 1.54) is 30.4 Å². The molecule has 158 valence electrons. The molecule has 8 nitrogen and oxygen atoms in total. The van der Waals surface area contributed by atoms with E-state index in [0.717, 1.165) is 5.56 Å². The van der Waals surface area contributed by atoms with Gasteiger partial charge in [0.05, 0.1) is 18.8 Å². The van der Waals surface area contributed by atoms with Crippen molar-refractivity contribution >= 4 is 23.4 Å². The second kappa shape index (κ2) is 10.9. The molecule has 1 N–H and O–H groups in total. The zero-order valence-corrected chi connectivity index (χ0v) is 17.4. The van der Waals surface area contributed by atoms with Crippen LogP contribution in [0.4, 0.5) is 0 Å². The molecule has 0 aliphatic carbocycles. The normalized spacial score (nSPS) is 11.6. The molecule has 0 radical (unpaired) electrons. The molecular formula is C22H26N4O4. The summed E-state index contributed by atoms with van der Waals surface area (Å²) in [5, 5.41) is 2.69. The summed E-state index contributed by atoms with van der Waals surface area (Å²) in [4.78, 5) is 58.5. The molecule has 0 fully saturated rings. The SMILES string of the molecule is CC(=O)C(=O)N(CC(=O)[C@H](Cc1ccccc1)NC(=O)c1cnccn1)CC(C)C. The minimum atomic E-state index is -0.892. The van der Waals surface area contributed by atoms with Gasteiger partial charge in [-0.15, -0.1) is 0 Å². The highest BCUT2D eigenvalue weighted by atomic mass is 16.2. The topological polar surface area (TPSA) is 109 Å². The van der Waals surface area contributed by atoms with E-state index in [-0.39, 0.29) is 36.9 Å². The molecule has 1 heterocycles. The average molecular weight is 410 g/mol. The Hall–Kier alpha value is -3.42. The third-order valence-corrected chi connectivity index (χ3v) is 4.29. The number of ketones is 2. The van der Waals surface area contributed by atoms with Crippen LogP contribution in [0.15, 0.2) is 48.9 Å². The van der Waals surface area contributed by atoms with Crippen molar-refractivity contribution in [2.75, 3.05) is 13.1 Å². The van der Waals surface area contributed by atoms with Crippen molar-refractivity contribution in [1.82, 2.24) is 20.2 Å². The number of hydrogen-bond donors (Lipinski definition) is 1. The standard InChI is InChI=1S/C22H26N4O4/c1-15(2)13-26(22(30)16(3)27)14-20(28)18(11-17-7-5-4-6-8-17)25-21(29)19-12-23-9-10-24-19/h4-10,12,15,18H,11,13-14H2,1-3H3,(H,25,29)/t18-/m0/s1. The lowest BCUT2D eigenvalue weighted by molar-refractivity contribution is -0.145. The maximum absolute atomic E-state index is 13.1. The van der Waals surface area contributed by atoms with Crippen molar-refractivity contribution in [1.29, 1.82) is 0 Å². The van der Waals surface area contributed by atoms with E-state index in [2.05, 4.69) is 15.3 Å². The number of nitrogens with one attached hydrogen (secondary N) is 1. The number of carbonyl (C=O) groups is 4. The van der Waals surface area contributed by atoms with E-state index < -0.39 is 23.6 Å². The van der Waals surface area contributed by atoms with Crippen LogP contribution in [-0.4, -0.2) is 57.4 Å². The van der Waals surface area contributed by atoms with E-state index in [4.69, 9.17) is 0 Å². The van der Waals surface area contributed by atoms with E-state index in [1.807, 2.05) is 44.2 Å². The van der Waals surface area contributed by atoms with Gasteiger partial charge in [-0.05, 0) is 17.9 Å². The van der Waals surface area contributed by atoms with Crippen molar-refractivity contribution in [3.63, 3.8) is 0 Å². The smallest absolute Gasteiger partial charge is 0.290 e. The first-order valence-electron chi connectivity index (χ1n) is 9.71. The molecule has 1 aromatic heterocycles. The van der Waals surface area contributed by atoms with Crippen LogP contribution in [0.5, 0.6) is 0 Å².